The van der Waals surface area contributed by atoms with E-state index in [9.17, 15) is 4.79 Å². The number of hydrogen-bond donors (Lipinski definition) is 3. The predicted molar refractivity (Wildman–Crippen MR) is 77.2 cm³/mol. The molecule has 0 aliphatic rings. The molecule has 0 saturated carbocycles. The molecule has 0 bridgehead atoms. The maximum Gasteiger partial charge on any atom is 0.274 e. The third kappa shape index (κ3) is 2.79. The van der Waals surface area contributed by atoms with Gasteiger partial charge in [-0.15, -0.1) is 0 Å². The first-order chi connectivity index (χ1) is 9.50. The number of aromatic nitrogens is 3. The van der Waals surface area contributed by atoms with Crippen molar-refractivity contribution in [1.82, 2.24) is 20.5 Å². The van der Waals surface area contributed by atoms with Gasteiger partial charge in [0.05, 0.1) is 11.4 Å². The highest BCUT2D eigenvalue weighted by Gasteiger charge is 2.18. The summed E-state index contributed by atoms with van der Waals surface area (Å²) in [7, 11) is 0. The van der Waals surface area contributed by atoms with E-state index in [0.29, 0.717) is 12.2 Å². The van der Waals surface area contributed by atoms with E-state index in [1.807, 2.05) is 26.8 Å². The first-order valence-electron chi connectivity index (χ1n) is 6.52. The molecule has 6 heteroatoms. The fraction of sp³-hybridized carbons (Fsp3) is 0.357. The van der Waals surface area contributed by atoms with Crippen LogP contribution in [0.15, 0.2) is 18.5 Å². The number of aromatic amines is 1. The molecule has 4 N–H and O–H groups in total. The van der Waals surface area contributed by atoms with Gasteiger partial charge in [0.25, 0.3) is 5.91 Å². The summed E-state index contributed by atoms with van der Waals surface area (Å²) in [5, 5.41) is 9.62. The van der Waals surface area contributed by atoms with Crippen molar-refractivity contribution in [2.45, 2.75) is 33.2 Å². The van der Waals surface area contributed by atoms with Crippen LogP contribution in [-0.2, 0) is 6.54 Å². The molecule has 20 heavy (non-hydrogen) atoms. The molecule has 2 aromatic heterocycles. The number of nitrogens with zero attached hydrogens (tertiary/aromatic N) is 2. The van der Waals surface area contributed by atoms with Crippen LogP contribution in [0.5, 0.6) is 0 Å². The van der Waals surface area contributed by atoms with Gasteiger partial charge < -0.3 is 11.1 Å². The van der Waals surface area contributed by atoms with Crippen LogP contribution in [0, 0.1) is 6.92 Å². The molecule has 0 spiro atoms. The van der Waals surface area contributed by atoms with E-state index < -0.39 is 0 Å². The molecule has 0 saturated heterocycles. The highest BCUT2D eigenvalue weighted by atomic mass is 16.1. The minimum Gasteiger partial charge on any atom is -0.395 e. The number of carbonyl (C=O) groups is 1. The Hall–Kier alpha value is -2.37. The maximum atomic E-state index is 12.1. The third-order valence-electron chi connectivity index (χ3n) is 3.21. The number of nitrogen functional groups attached to an aromatic ring is 1. The second-order valence-corrected chi connectivity index (χ2v) is 5.04. The van der Waals surface area contributed by atoms with Gasteiger partial charge in [0.1, 0.15) is 0 Å². The smallest absolute Gasteiger partial charge is 0.274 e. The van der Waals surface area contributed by atoms with Gasteiger partial charge in [0, 0.05) is 18.9 Å². The lowest BCUT2D eigenvalue weighted by Gasteiger charge is -2.07. The summed E-state index contributed by atoms with van der Waals surface area (Å²) < 4.78 is 0. The Morgan fingerprint density at radius 1 is 1.50 bits per heavy atom. The number of anilines is 1. The van der Waals surface area contributed by atoms with Gasteiger partial charge in [-0.25, -0.2) is 0 Å². The molecule has 106 valence electrons. The van der Waals surface area contributed by atoms with Crippen molar-refractivity contribution >= 4 is 11.6 Å². The average molecular weight is 273 g/mol. The van der Waals surface area contributed by atoms with Crippen molar-refractivity contribution < 1.29 is 4.79 Å². The van der Waals surface area contributed by atoms with Crippen molar-refractivity contribution in [3.63, 3.8) is 0 Å². The van der Waals surface area contributed by atoms with Gasteiger partial charge in [-0.2, -0.15) is 5.10 Å². The lowest BCUT2D eigenvalue weighted by molar-refractivity contribution is 0.0946. The topological polar surface area (TPSA) is 96.7 Å². The molecule has 0 aromatic carbocycles. The highest BCUT2D eigenvalue weighted by molar-refractivity contribution is 5.97. The Kier molecular flexibility index (Phi) is 4.02. The lowest BCUT2D eigenvalue weighted by Crippen LogP contribution is -2.24. The zero-order valence-electron chi connectivity index (χ0n) is 11.9. The molecule has 2 aromatic rings. The second-order valence-electron chi connectivity index (χ2n) is 5.04. The number of nitrogens with one attached hydrogen (secondary N) is 2. The third-order valence-corrected chi connectivity index (χ3v) is 3.21. The largest absolute Gasteiger partial charge is 0.395 e. The number of hydrogen-bond acceptors (Lipinski definition) is 4. The fourth-order valence-corrected chi connectivity index (χ4v) is 1.92. The van der Waals surface area contributed by atoms with Crippen molar-refractivity contribution in [3.05, 3.63) is 41.0 Å². The number of rotatable bonds is 4. The highest BCUT2D eigenvalue weighted by Crippen LogP contribution is 2.21. The van der Waals surface area contributed by atoms with Crippen LogP contribution in [0.2, 0.25) is 0 Å². The van der Waals surface area contributed by atoms with Crippen LogP contribution < -0.4 is 11.1 Å². The SMILES string of the molecule is Cc1ccncc1CNC(=O)c1n[nH]c(C(C)C)c1N. The summed E-state index contributed by atoms with van der Waals surface area (Å²) in [5.41, 5.74) is 9.44. The second kappa shape index (κ2) is 5.73. The first-order valence-corrected chi connectivity index (χ1v) is 6.52. The summed E-state index contributed by atoms with van der Waals surface area (Å²) in [5.74, 6) is -0.0847. The summed E-state index contributed by atoms with van der Waals surface area (Å²) in [4.78, 5) is 16.1. The van der Waals surface area contributed by atoms with Crippen LogP contribution in [0.3, 0.4) is 0 Å². The molecule has 0 fully saturated rings. The summed E-state index contributed by atoms with van der Waals surface area (Å²) >= 11 is 0. The van der Waals surface area contributed by atoms with Crippen LogP contribution >= 0.6 is 0 Å². The van der Waals surface area contributed by atoms with Crippen LogP contribution in [0.4, 0.5) is 5.69 Å². The number of carbonyl (C=O) groups excluding carboxylic acids is 1. The number of nitrogens with two attached hydrogens (primary N) is 1. The van der Waals surface area contributed by atoms with Gasteiger partial charge in [0.15, 0.2) is 5.69 Å². The van der Waals surface area contributed by atoms with Gasteiger partial charge in [-0.1, -0.05) is 13.8 Å². The monoisotopic (exact) mass is 273 g/mol. The van der Waals surface area contributed by atoms with Crippen LogP contribution in [-0.4, -0.2) is 21.1 Å². The molecule has 0 aliphatic heterocycles. The molecule has 0 radical (unpaired) electrons. The average Bonchev–Trinajstić information content (AvgIpc) is 2.79. The Labute approximate surface area is 117 Å². The molecular weight excluding hydrogens is 254 g/mol. The molecule has 2 rings (SSSR count). The van der Waals surface area contributed by atoms with Crippen molar-refractivity contribution in [1.29, 1.82) is 0 Å². The zero-order valence-corrected chi connectivity index (χ0v) is 11.9. The minimum atomic E-state index is -0.283. The fourth-order valence-electron chi connectivity index (χ4n) is 1.92. The molecular formula is C14H19N5O. The summed E-state index contributed by atoms with van der Waals surface area (Å²) in [6, 6.07) is 1.90. The normalized spacial score (nSPS) is 10.8. The van der Waals surface area contributed by atoms with Gasteiger partial charge in [0.2, 0.25) is 0 Å². The minimum absolute atomic E-state index is 0.199. The predicted octanol–water partition coefficient (Wildman–Crippen LogP) is 1.75. The van der Waals surface area contributed by atoms with Crippen LogP contribution in [0.1, 0.15) is 47.1 Å². The maximum absolute atomic E-state index is 12.1. The Bertz CT molecular complexity index is 618. The molecule has 0 atom stereocenters. The van der Waals surface area contributed by atoms with E-state index in [-0.39, 0.29) is 17.5 Å². The zero-order chi connectivity index (χ0) is 14.7. The van der Waals surface area contributed by atoms with E-state index in [1.54, 1.807) is 12.4 Å². The number of aryl methyl sites for hydroxylation is 1. The van der Waals surface area contributed by atoms with E-state index in [4.69, 9.17) is 5.73 Å². The Morgan fingerprint density at radius 3 is 2.85 bits per heavy atom. The van der Waals surface area contributed by atoms with Crippen molar-refractivity contribution in [2.24, 2.45) is 0 Å². The molecule has 0 aliphatic carbocycles. The number of amides is 1. The standard InChI is InChI=1S/C14H19N5O/c1-8(2)12-11(15)13(19-18-12)14(20)17-7-10-6-16-5-4-9(10)3/h4-6,8H,7,15H2,1-3H3,(H,17,20)(H,18,19). The Morgan fingerprint density at radius 2 is 2.25 bits per heavy atom. The number of H-pyrrole nitrogens is 1. The summed E-state index contributed by atoms with van der Waals surface area (Å²) in [6.07, 6.45) is 3.46. The molecule has 6 nitrogen and oxygen atoms in total. The molecule has 1 amide bonds. The van der Waals surface area contributed by atoms with E-state index in [2.05, 4.69) is 20.5 Å². The molecule has 2 heterocycles. The van der Waals surface area contributed by atoms with Crippen molar-refractivity contribution in [3.8, 4) is 0 Å². The van der Waals surface area contributed by atoms with Crippen LogP contribution in [0.25, 0.3) is 0 Å². The van der Waals surface area contributed by atoms with Gasteiger partial charge in [-0.05, 0) is 30.0 Å². The van der Waals surface area contributed by atoms with Gasteiger partial charge in [-0.3, -0.25) is 14.9 Å². The quantitative estimate of drug-likeness (QED) is 0.790. The first kappa shape index (κ1) is 14.0. The lowest BCUT2D eigenvalue weighted by atomic mass is 10.1. The summed E-state index contributed by atoms with van der Waals surface area (Å²) in [6.45, 7) is 6.36. The van der Waals surface area contributed by atoms with E-state index >= 15 is 0 Å². The van der Waals surface area contributed by atoms with Crippen molar-refractivity contribution in [2.75, 3.05) is 5.73 Å². The van der Waals surface area contributed by atoms with Gasteiger partial charge >= 0.3 is 0 Å². The number of pyridine rings is 1. The molecule has 0 unspecified atom stereocenters. The Balaban J connectivity index is 2.08. The van der Waals surface area contributed by atoms with E-state index in [1.165, 1.54) is 0 Å². The van der Waals surface area contributed by atoms with E-state index in [0.717, 1.165) is 16.8 Å².